The van der Waals surface area contributed by atoms with Gasteiger partial charge in [0.15, 0.2) is 0 Å². The van der Waals surface area contributed by atoms with Gasteiger partial charge in [0.25, 0.3) is 15.7 Å². The molecule has 126 valence electrons. The number of hydrogen-bond acceptors (Lipinski definition) is 5. The number of non-ortho nitro benzene ring substituents is 1. The van der Waals surface area contributed by atoms with Gasteiger partial charge in [-0.1, -0.05) is 11.6 Å². The van der Waals surface area contributed by atoms with E-state index in [9.17, 15) is 23.3 Å². The lowest BCUT2D eigenvalue weighted by Gasteiger charge is -2.22. The molecule has 0 aromatic heterocycles. The second-order valence-corrected chi connectivity index (χ2v) is 6.93. The quantitative estimate of drug-likeness (QED) is 0.616. The first kappa shape index (κ1) is 17.7. The molecule has 2 rings (SSSR count). The van der Waals surface area contributed by atoms with Crippen molar-refractivity contribution in [3.63, 3.8) is 0 Å². The summed E-state index contributed by atoms with van der Waals surface area (Å²) in [6.07, 6.45) is 0. The zero-order valence-electron chi connectivity index (χ0n) is 12.0. The standard InChI is InChI=1S/C14H11ClN2O6S/c15-10-1-7-13(8-2-10)24(22,23)16(9-14(18)19)11-3-5-12(6-4-11)17(20)21/h1-8H,9H2,(H,18,19). The number of sulfonamides is 1. The van der Waals surface area contributed by atoms with E-state index in [0.717, 1.165) is 12.1 Å². The van der Waals surface area contributed by atoms with Crippen LogP contribution in [0.25, 0.3) is 0 Å². The first-order valence-electron chi connectivity index (χ1n) is 6.46. The molecule has 0 amide bonds. The fourth-order valence-electron chi connectivity index (χ4n) is 1.91. The summed E-state index contributed by atoms with van der Waals surface area (Å²) in [6.45, 7) is -0.831. The highest BCUT2D eigenvalue weighted by Gasteiger charge is 2.27. The van der Waals surface area contributed by atoms with Crippen molar-refractivity contribution in [2.24, 2.45) is 0 Å². The third kappa shape index (κ3) is 3.81. The number of carboxylic acids is 1. The first-order valence-corrected chi connectivity index (χ1v) is 8.28. The van der Waals surface area contributed by atoms with Crippen molar-refractivity contribution in [1.82, 2.24) is 0 Å². The van der Waals surface area contributed by atoms with E-state index in [4.69, 9.17) is 16.7 Å². The summed E-state index contributed by atoms with van der Waals surface area (Å²) in [6, 6.07) is 9.77. The van der Waals surface area contributed by atoms with E-state index in [1.54, 1.807) is 0 Å². The lowest BCUT2D eigenvalue weighted by atomic mass is 10.3. The van der Waals surface area contributed by atoms with Crippen LogP contribution in [-0.2, 0) is 14.8 Å². The number of carbonyl (C=O) groups is 1. The summed E-state index contributed by atoms with van der Waals surface area (Å²) in [5.41, 5.74) is -0.240. The van der Waals surface area contributed by atoms with E-state index in [1.807, 2.05) is 0 Å². The normalized spacial score (nSPS) is 11.0. The Morgan fingerprint density at radius 2 is 1.67 bits per heavy atom. The van der Waals surface area contributed by atoms with Crippen molar-refractivity contribution < 1.29 is 23.2 Å². The number of nitro benzene ring substituents is 1. The van der Waals surface area contributed by atoms with Crippen molar-refractivity contribution in [1.29, 1.82) is 0 Å². The monoisotopic (exact) mass is 370 g/mol. The molecule has 0 atom stereocenters. The first-order chi connectivity index (χ1) is 11.2. The Morgan fingerprint density at radius 1 is 1.12 bits per heavy atom. The van der Waals surface area contributed by atoms with Crippen LogP contribution < -0.4 is 4.31 Å². The molecule has 0 fully saturated rings. The van der Waals surface area contributed by atoms with E-state index in [1.165, 1.54) is 36.4 Å². The van der Waals surface area contributed by atoms with Crippen LogP contribution in [-0.4, -0.2) is 31.0 Å². The lowest BCUT2D eigenvalue weighted by molar-refractivity contribution is -0.384. The summed E-state index contributed by atoms with van der Waals surface area (Å²) in [5, 5.41) is 20.0. The summed E-state index contributed by atoms with van der Waals surface area (Å²) >= 11 is 5.72. The van der Waals surface area contributed by atoms with Gasteiger partial charge in [-0.15, -0.1) is 0 Å². The van der Waals surface area contributed by atoms with E-state index in [0.29, 0.717) is 9.33 Å². The number of halogens is 1. The minimum absolute atomic E-state index is 0.00190. The fourth-order valence-corrected chi connectivity index (χ4v) is 3.45. The lowest BCUT2D eigenvalue weighted by Crippen LogP contribution is -2.35. The van der Waals surface area contributed by atoms with Crippen molar-refractivity contribution in [2.75, 3.05) is 10.8 Å². The van der Waals surface area contributed by atoms with Gasteiger partial charge in [-0.25, -0.2) is 8.42 Å². The summed E-state index contributed by atoms with van der Waals surface area (Å²) in [4.78, 5) is 20.9. The zero-order chi connectivity index (χ0) is 17.9. The molecule has 0 bridgehead atoms. The number of nitrogens with zero attached hydrogens (tertiary/aromatic N) is 2. The largest absolute Gasteiger partial charge is 0.480 e. The molecule has 0 saturated heterocycles. The van der Waals surface area contributed by atoms with Gasteiger partial charge in [0.2, 0.25) is 0 Å². The van der Waals surface area contributed by atoms with E-state index >= 15 is 0 Å². The molecule has 0 aliphatic rings. The van der Waals surface area contributed by atoms with Gasteiger partial charge in [-0.3, -0.25) is 19.2 Å². The molecule has 0 saturated carbocycles. The molecule has 0 heterocycles. The zero-order valence-corrected chi connectivity index (χ0v) is 13.6. The topological polar surface area (TPSA) is 118 Å². The molecule has 8 nitrogen and oxygen atoms in total. The summed E-state index contributed by atoms with van der Waals surface area (Å²) in [7, 11) is -4.18. The van der Waals surface area contributed by atoms with Crippen LogP contribution in [0, 0.1) is 10.1 Å². The molecule has 10 heteroatoms. The van der Waals surface area contributed by atoms with Gasteiger partial charge in [0.05, 0.1) is 15.5 Å². The SMILES string of the molecule is O=C(O)CN(c1ccc([N+](=O)[O-])cc1)S(=O)(=O)c1ccc(Cl)cc1. The number of rotatable bonds is 6. The maximum atomic E-state index is 12.7. The highest BCUT2D eigenvalue weighted by atomic mass is 35.5. The van der Waals surface area contributed by atoms with E-state index < -0.39 is 27.5 Å². The Labute approximate surface area is 142 Å². The molecule has 0 radical (unpaired) electrons. The number of benzene rings is 2. The van der Waals surface area contributed by atoms with Crippen LogP contribution in [0.2, 0.25) is 5.02 Å². The van der Waals surface area contributed by atoms with Gasteiger partial charge in [0, 0.05) is 17.2 Å². The number of nitro groups is 1. The van der Waals surface area contributed by atoms with Crippen molar-refractivity contribution >= 4 is 39.0 Å². The minimum Gasteiger partial charge on any atom is -0.480 e. The molecule has 2 aromatic rings. The van der Waals surface area contributed by atoms with Gasteiger partial charge in [0.1, 0.15) is 6.54 Å². The number of hydrogen-bond donors (Lipinski definition) is 1. The number of anilines is 1. The molecule has 0 aliphatic carbocycles. The van der Waals surface area contributed by atoms with Crippen LogP contribution >= 0.6 is 11.6 Å². The van der Waals surface area contributed by atoms with Crippen LogP contribution in [0.3, 0.4) is 0 Å². The Morgan fingerprint density at radius 3 is 2.12 bits per heavy atom. The van der Waals surface area contributed by atoms with Crippen molar-refractivity contribution in [3.05, 3.63) is 63.7 Å². The minimum atomic E-state index is -4.18. The Hall–Kier alpha value is -2.65. The second kappa shape index (κ2) is 6.85. The molecule has 1 N–H and O–H groups in total. The molecule has 0 aliphatic heterocycles. The Balaban J connectivity index is 2.49. The van der Waals surface area contributed by atoms with Crippen molar-refractivity contribution in [2.45, 2.75) is 4.90 Å². The van der Waals surface area contributed by atoms with E-state index in [2.05, 4.69) is 0 Å². The third-order valence-electron chi connectivity index (χ3n) is 3.03. The maximum absolute atomic E-state index is 12.7. The van der Waals surface area contributed by atoms with Gasteiger partial charge in [-0.2, -0.15) is 0 Å². The predicted molar refractivity (Wildman–Crippen MR) is 86.7 cm³/mol. The van der Waals surface area contributed by atoms with Crippen LogP contribution in [0.15, 0.2) is 53.4 Å². The predicted octanol–water partition coefficient (Wildman–Crippen LogP) is 2.53. The summed E-state index contributed by atoms with van der Waals surface area (Å²) < 4.78 is 26.0. The molecule has 24 heavy (non-hydrogen) atoms. The van der Waals surface area contributed by atoms with Crippen molar-refractivity contribution in [3.8, 4) is 0 Å². The molecule has 0 unspecified atom stereocenters. The van der Waals surface area contributed by atoms with Crippen LogP contribution in [0.1, 0.15) is 0 Å². The highest BCUT2D eigenvalue weighted by Crippen LogP contribution is 2.26. The highest BCUT2D eigenvalue weighted by molar-refractivity contribution is 7.92. The fraction of sp³-hybridized carbons (Fsp3) is 0.0714. The molecular formula is C14H11ClN2O6S. The Bertz CT molecular complexity index is 865. The molecule has 0 spiro atoms. The number of carboxylic acid groups (broad SMARTS) is 1. The van der Waals surface area contributed by atoms with Crippen LogP contribution in [0.5, 0.6) is 0 Å². The number of aliphatic carboxylic acids is 1. The van der Waals surface area contributed by atoms with Gasteiger partial charge >= 0.3 is 5.97 Å². The average molecular weight is 371 g/mol. The van der Waals surface area contributed by atoms with Crippen LogP contribution in [0.4, 0.5) is 11.4 Å². The second-order valence-electron chi connectivity index (χ2n) is 4.63. The average Bonchev–Trinajstić information content (AvgIpc) is 2.53. The van der Waals surface area contributed by atoms with Gasteiger partial charge < -0.3 is 5.11 Å². The maximum Gasteiger partial charge on any atom is 0.324 e. The Kier molecular flexibility index (Phi) is 5.05. The summed E-state index contributed by atoms with van der Waals surface area (Å²) in [5.74, 6) is -1.37. The van der Waals surface area contributed by atoms with E-state index in [-0.39, 0.29) is 16.3 Å². The molecule has 2 aromatic carbocycles. The smallest absolute Gasteiger partial charge is 0.324 e. The van der Waals surface area contributed by atoms with Gasteiger partial charge in [-0.05, 0) is 36.4 Å². The molecular weight excluding hydrogens is 360 g/mol. The third-order valence-corrected chi connectivity index (χ3v) is 5.07.